The SMILES string of the molecule is C[C@@H]1C[C@H]2[C@@H]3CCC4=CC(=O)C=C[C@]4(C)[C@@]3(Cl)[C@@H](O)C[C@]2(C)[C@@]1(OC(=O)c1ccco1)C(=O)CO. The Labute approximate surface area is 209 Å². The molecule has 5 rings (SSSR count). The summed E-state index contributed by atoms with van der Waals surface area (Å²) in [5.41, 5.74) is -2.44. The molecule has 0 saturated heterocycles. The largest absolute Gasteiger partial charge is 0.457 e. The number of aliphatic hydroxyl groups is 2. The van der Waals surface area contributed by atoms with Crippen LogP contribution in [0.2, 0.25) is 0 Å². The number of carbonyl (C=O) groups excluding carboxylic acids is 3. The molecule has 0 bridgehead atoms. The van der Waals surface area contributed by atoms with Crippen LogP contribution < -0.4 is 0 Å². The van der Waals surface area contributed by atoms with Crippen molar-refractivity contribution < 1.29 is 33.8 Å². The Kier molecular flexibility index (Phi) is 5.52. The average molecular weight is 503 g/mol. The summed E-state index contributed by atoms with van der Waals surface area (Å²) in [5, 5.41) is 21.7. The molecular weight excluding hydrogens is 472 g/mol. The van der Waals surface area contributed by atoms with Crippen LogP contribution in [-0.2, 0) is 14.3 Å². The molecule has 0 amide bonds. The maximum absolute atomic E-state index is 13.5. The molecule has 0 spiro atoms. The van der Waals surface area contributed by atoms with Gasteiger partial charge in [0, 0.05) is 16.7 Å². The lowest BCUT2D eigenvalue weighted by molar-refractivity contribution is -0.181. The van der Waals surface area contributed by atoms with Gasteiger partial charge in [-0.05, 0) is 61.8 Å². The van der Waals surface area contributed by atoms with Gasteiger partial charge in [0.15, 0.2) is 11.4 Å². The predicted molar refractivity (Wildman–Crippen MR) is 127 cm³/mol. The second-order valence-corrected chi connectivity index (χ2v) is 11.7. The van der Waals surface area contributed by atoms with E-state index in [1.807, 2.05) is 26.8 Å². The van der Waals surface area contributed by atoms with Gasteiger partial charge in [-0.15, -0.1) is 11.6 Å². The molecule has 4 aliphatic carbocycles. The van der Waals surface area contributed by atoms with E-state index in [1.165, 1.54) is 18.4 Å². The number of ketones is 2. The minimum absolute atomic E-state index is 0.0330. The molecular formula is C27H31ClO7. The Hall–Kier alpha value is -2.22. The Bertz CT molecular complexity index is 1140. The molecule has 3 fully saturated rings. The lowest BCUT2D eigenvalue weighted by Gasteiger charge is -2.64. The number of hydrogen-bond acceptors (Lipinski definition) is 7. The molecule has 8 heteroatoms. The lowest BCUT2D eigenvalue weighted by Crippen LogP contribution is -2.69. The first-order valence-corrected chi connectivity index (χ1v) is 12.6. The summed E-state index contributed by atoms with van der Waals surface area (Å²) >= 11 is 7.45. The minimum Gasteiger partial charge on any atom is -0.457 e. The van der Waals surface area contributed by atoms with Crippen molar-refractivity contribution in [1.29, 1.82) is 0 Å². The van der Waals surface area contributed by atoms with Crippen LogP contribution in [0.1, 0.15) is 57.0 Å². The van der Waals surface area contributed by atoms with Gasteiger partial charge in [-0.3, -0.25) is 9.59 Å². The fraction of sp³-hybridized carbons (Fsp3) is 0.593. The van der Waals surface area contributed by atoms with E-state index in [4.69, 9.17) is 20.8 Å². The number of rotatable bonds is 4. The van der Waals surface area contributed by atoms with Crippen LogP contribution in [0.25, 0.3) is 0 Å². The number of furan rings is 1. The number of alkyl halides is 1. The van der Waals surface area contributed by atoms with Crippen LogP contribution in [0.4, 0.5) is 0 Å². The van der Waals surface area contributed by atoms with Crippen LogP contribution >= 0.6 is 11.6 Å². The van der Waals surface area contributed by atoms with Crippen LogP contribution in [0, 0.1) is 28.6 Å². The molecule has 7 nitrogen and oxygen atoms in total. The fourth-order valence-electron chi connectivity index (χ4n) is 8.11. The van der Waals surface area contributed by atoms with E-state index in [1.54, 1.807) is 12.1 Å². The molecule has 0 unspecified atom stereocenters. The van der Waals surface area contributed by atoms with Crippen molar-refractivity contribution in [3.8, 4) is 0 Å². The van der Waals surface area contributed by atoms with Crippen molar-refractivity contribution >= 4 is 29.1 Å². The Morgan fingerprint density at radius 3 is 2.69 bits per heavy atom. The van der Waals surface area contributed by atoms with Gasteiger partial charge in [0.1, 0.15) is 6.61 Å². The summed E-state index contributed by atoms with van der Waals surface area (Å²) in [4.78, 5) is 37.5. The van der Waals surface area contributed by atoms with Gasteiger partial charge in [-0.1, -0.05) is 32.4 Å². The molecule has 35 heavy (non-hydrogen) atoms. The maximum atomic E-state index is 13.5. The molecule has 188 valence electrons. The van der Waals surface area contributed by atoms with Gasteiger partial charge in [0.05, 0.1) is 17.2 Å². The van der Waals surface area contributed by atoms with Crippen molar-refractivity contribution in [1.82, 2.24) is 0 Å². The number of Topliss-reactive ketones (excluding diaryl/α,β-unsaturated/α-hetero) is 1. The van der Waals surface area contributed by atoms with Crippen molar-refractivity contribution in [2.24, 2.45) is 28.6 Å². The second kappa shape index (κ2) is 7.89. The molecule has 0 aromatic carbocycles. The van der Waals surface area contributed by atoms with Gasteiger partial charge in [0.2, 0.25) is 11.5 Å². The van der Waals surface area contributed by atoms with E-state index < -0.39 is 51.7 Å². The minimum atomic E-state index is -1.65. The van der Waals surface area contributed by atoms with Crippen LogP contribution in [0.5, 0.6) is 0 Å². The quantitative estimate of drug-likeness (QED) is 0.477. The number of aliphatic hydroxyl groups excluding tert-OH is 2. The highest BCUT2D eigenvalue weighted by Crippen LogP contribution is 2.72. The molecule has 3 saturated carbocycles. The summed E-state index contributed by atoms with van der Waals surface area (Å²) < 4.78 is 11.2. The molecule has 1 aromatic heterocycles. The van der Waals surface area contributed by atoms with Crippen LogP contribution in [0.15, 0.2) is 46.6 Å². The molecule has 4 aliphatic rings. The van der Waals surface area contributed by atoms with Crippen LogP contribution in [-0.4, -0.2) is 50.9 Å². The van der Waals surface area contributed by atoms with Crippen molar-refractivity contribution in [2.75, 3.05) is 6.61 Å². The predicted octanol–water partition coefficient (Wildman–Crippen LogP) is 3.62. The first-order chi connectivity index (χ1) is 16.5. The molecule has 2 N–H and O–H groups in total. The molecule has 8 atom stereocenters. The van der Waals surface area contributed by atoms with Gasteiger partial charge >= 0.3 is 5.97 Å². The smallest absolute Gasteiger partial charge is 0.375 e. The molecule has 0 aliphatic heterocycles. The normalized spacial score (nSPS) is 44.2. The van der Waals surface area contributed by atoms with Crippen molar-refractivity contribution in [2.45, 2.75) is 63.0 Å². The van der Waals surface area contributed by atoms with E-state index in [-0.39, 0.29) is 29.8 Å². The first-order valence-electron chi connectivity index (χ1n) is 12.2. The summed E-state index contributed by atoms with van der Waals surface area (Å²) in [5.74, 6) is -2.28. The van der Waals surface area contributed by atoms with Crippen molar-refractivity contribution in [3.05, 3.63) is 48.0 Å². The molecule has 1 heterocycles. The summed E-state index contributed by atoms with van der Waals surface area (Å²) in [6.07, 6.45) is 7.17. The third-order valence-electron chi connectivity index (χ3n) is 9.71. The third kappa shape index (κ3) is 2.95. The zero-order valence-corrected chi connectivity index (χ0v) is 20.9. The highest BCUT2D eigenvalue weighted by molar-refractivity contribution is 6.26. The molecule has 0 radical (unpaired) electrons. The van der Waals surface area contributed by atoms with Gasteiger partial charge in [0.25, 0.3) is 0 Å². The fourth-order valence-corrected chi connectivity index (χ4v) is 8.63. The number of ether oxygens (including phenoxy) is 1. The van der Waals surface area contributed by atoms with Crippen LogP contribution in [0.3, 0.4) is 0 Å². The monoisotopic (exact) mass is 502 g/mol. The Balaban J connectivity index is 1.61. The summed E-state index contributed by atoms with van der Waals surface area (Å²) in [6.45, 7) is 4.90. The first kappa shape index (κ1) is 24.5. The van der Waals surface area contributed by atoms with Gasteiger partial charge in [-0.25, -0.2) is 4.79 Å². The maximum Gasteiger partial charge on any atom is 0.375 e. The lowest BCUT2D eigenvalue weighted by atomic mass is 9.45. The highest BCUT2D eigenvalue weighted by Gasteiger charge is 2.76. The van der Waals surface area contributed by atoms with E-state index in [0.29, 0.717) is 19.3 Å². The zero-order valence-electron chi connectivity index (χ0n) is 20.1. The van der Waals surface area contributed by atoms with E-state index in [2.05, 4.69) is 0 Å². The second-order valence-electron chi connectivity index (χ2n) is 11.1. The number of carbonyl (C=O) groups is 3. The highest BCUT2D eigenvalue weighted by atomic mass is 35.5. The Morgan fingerprint density at radius 1 is 1.29 bits per heavy atom. The van der Waals surface area contributed by atoms with Gasteiger partial charge < -0.3 is 19.4 Å². The van der Waals surface area contributed by atoms with Gasteiger partial charge in [-0.2, -0.15) is 0 Å². The number of halogens is 1. The standard InChI is InChI=1S/C27H31ClO7/c1-15-11-19-18-7-6-16-12-17(30)8-9-24(16,2)26(18,28)21(31)13-25(19,3)27(15,22(32)14-29)35-23(33)20-5-4-10-34-20/h4-5,8-10,12,15,18-19,21,29,31H,6-7,11,13-14H2,1-3H3/t15-,18+,19+,21+,24+,25+,26+,27+/m1/s1. The number of allylic oxidation sites excluding steroid dienone is 4. The Morgan fingerprint density at radius 2 is 2.03 bits per heavy atom. The number of fused-ring (bicyclic) bond motifs is 5. The van der Waals surface area contributed by atoms with Crippen molar-refractivity contribution in [3.63, 3.8) is 0 Å². The summed E-state index contributed by atoms with van der Waals surface area (Å²) in [7, 11) is 0. The summed E-state index contributed by atoms with van der Waals surface area (Å²) in [6, 6.07) is 3.02. The topological polar surface area (TPSA) is 114 Å². The number of hydrogen-bond donors (Lipinski definition) is 2. The third-order valence-corrected chi connectivity index (χ3v) is 10.6. The van der Waals surface area contributed by atoms with E-state index in [0.717, 1.165) is 5.57 Å². The zero-order chi connectivity index (χ0) is 25.4. The van der Waals surface area contributed by atoms with E-state index >= 15 is 0 Å². The average Bonchev–Trinajstić information content (AvgIpc) is 3.42. The molecule has 1 aromatic rings. The van der Waals surface area contributed by atoms with E-state index in [9.17, 15) is 24.6 Å². The number of esters is 1.